The number of aromatic nitrogens is 3. The second-order valence-corrected chi connectivity index (χ2v) is 4.77. The number of halogens is 3. The average molecular weight is 258 g/mol. The van der Waals surface area contributed by atoms with Crippen LogP contribution >= 0.6 is 0 Å². The standard InChI is InChI=1S/C6H9F3N4O2S/c1-3(2)13-4(6(7,8)9)11-12-5(13)16(10,14)15/h3H,1-2H3,(H2,10,14,15). The third-order valence-electron chi connectivity index (χ3n) is 1.69. The molecule has 16 heavy (non-hydrogen) atoms. The van der Waals surface area contributed by atoms with Crippen LogP contribution in [0.25, 0.3) is 0 Å². The second kappa shape index (κ2) is 3.70. The molecule has 0 unspecified atom stereocenters. The lowest BCUT2D eigenvalue weighted by Gasteiger charge is -2.14. The highest BCUT2D eigenvalue weighted by atomic mass is 32.2. The Labute approximate surface area is 89.3 Å². The molecular formula is C6H9F3N4O2S. The van der Waals surface area contributed by atoms with Crippen LogP contribution in [0.3, 0.4) is 0 Å². The Hall–Kier alpha value is -1.16. The summed E-state index contributed by atoms with van der Waals surface area (Å²) in [6.07, 6.45) is -4.78. The summed E-state index contributed by atoms with van der Waals surface area (Å²) in [6, 6.07) is -0.778. The molecule has 1 rings (SSSR count). The van der Waals surface area contributed by atoms with Gasteiger partial charge in [0, 0.05) is 6.04 Å². The van der Waals surface area contributed by atoms with Crippen molar-refractivity contribution in [2.45, 2.75) is 31.2 Å². The molecule has 10 heteroatoms. The van der Waals surface area contributed by atoms with Crippen LogP contribution in [0.5, 0.6) is 0 Å². The van der Waals surface area contributed by atoms with Gasteiger partial charge < -0.3 is 0 Å². The Morgan fingerprint density at radius 3 is 2.12 bits per heavy atom. The Balaban J connectivity index is 3.53. The Morgan fingerprint density at radius 2 is 1.81 bits per heavy atom. The normalized spacial score (nSPS) is 13.4. The summed E-state index contributed by atoms with van der Waals surface area (Å²) in [5.41, 5.74) is 0. The summed E-state index contributed by atoms with van der Waals surface area (Å²) >= 11 is 0. The van der Waals surface area contributed by atoms with Gasteiger partial charge in [0.25, 0.3) is 15.2 Å². The van der Waals surface area contributed by atoms with Crippen molar-refractivity contribution in [2.24, 2.45) is 5.14 Å². The van der Waals surface area contributed by atoms with Crippen molar-refractivity contribution >= 4 is 10.0 Å². The summed E-state index contributed by atoms with van der Waals surface area (Å²) in [4.78, 5) is 0. The predicted octanol–water partition coefficient (Wildman–Crippen LogP) is 0.525. The predicted molar refractivity (Wildman–Crippen MR) is 46.8 cm³/mol. The van der Waals surface area contributed by atoms with E-state index in [1.807, 2.05) is 0 Å². The first-order valence-electron chi connectivity index (χ1n) is 4.10. The molecule has 0 aliphatic heterocycles. The van der Waals surface area contributed by atoms with Gasteiger partial charge in [-0.2, -0.15) is 13.2 Å². The van der Waals surface area contributed by atoms with Gasteiger partial charge in [-0.15, -0.1) is 10.2 Å². The highest BCUT2D eigenvalue weighted by Gasteiger charge is 2.40. The van der Waals surface area contributed by atoms with Crippen molar-refractivity contribution in [1.82, 2.24) is 14.8 Å². The van der Waals surface area contributed by atoms with E-state index >= 15 is 0 Å². The van der Waals surface area contributed by atoms with Crippen molar-refractivity contribution in [3.8, 4) is 0 Å². The fourth-order valence-corrected chi connectivity index (χ4v) is 1.86. The molecule has 0 saturated carbocycles. The van der Waals surface area contributed by atoms with E-state index in [1.165, 1.54) is 13.8 Å². The number of sulfonamides is 1. The zero-order chi connectivity index (χ0) is 12.7. The van der Waals surface area contributed by atoms with Crippen molar-refractivity contribution in [3.63, 3.8) is 0 Å². The van der Waals surface area contributed by atoms with Crippen LogP contribution in [0.4, 0.5) is 13.2 Å². The number of primary sulfonamides is 1. The maximum atomic E-state index is 12.5. The first kappa shape index (κ1) is 12.9. The first-order valence-corrected chi connectivity index (χ1v) is 5.64. The lowest BCUT2D eigenvalue weighted by molar-refractivity contribution is -0.148. The van der Waals surface area contributed by atoms with Gasteiger partial charge in [-0.1, -0.05) is 0 Å². The number of nitrogens with zero attached hydrogens (tertiary/aromatic N) is 3. The quantitative estimate of drug-likeness (QED) is 0.837. The van der Waals surface area contributed by atoms with Crippen LogP contribution in [0.1, 0.15) is 25.7 Å². The van der Waals surface area contributed by atoms with E-state index in [0.717, 1.165) is 0 Å². The molecule has 2 N–H and O–H groups in total. The molecule has 0 aromatic carbocycles. The number of hydrogen-bond donors (Lipinski definition) is 1. The van der Waals surface area contributed by atoms with E-state index in [9.17, 15) is 21.6 Å². The topological polar surface area (TPSA) is 90.9 Å². The molecular weight excluding hydrogens is 249 g/mol. The molecule has 0 spiro atoms. The third kappa shape index (κ3) is 2.32. The van der Waals surface area contributed by atoms with Gasteiger partial charge in [0.15, 0.2) is 0 Å². The van der Waals surface area contributed by atoms with Gasteiger partial charge in [0.2, 0.25) is 5.82 Å². The average Bonchev–Trinajstić information content (AvgIpc) is 2.43. The maximum absolute atomic E-state index is 12.5. The summed E-state index contributed by atoms with van der Waals surface area (Å²) in [7, 11) is -4.33. The molecule has 0 radical (unpaired) electrons. The van der Waals surface area contributed by atoms with Crippen molar-refractivity contribution < 1.29 is 21.6 Å². The molecule has 1 aromatic rings. The largest absolute Gasteiger partial charge is 0.451 e. The minimum Gasteiger partial charge on any atom is -0.291 e. The molecule has 1 heterocycles. The smallest absolute Gasteiger partial charge is 0.291 e. The Morgan fingerprint density at radius 1 is 1.31 bits per heavy atom. The van der Waals surface area contributed by atoms with E-state index in [0.29, 0.717) is 4.57 Å². The van der Waals surface area contributed by atoms with E-state index < -0.39 is 33.2 Å². The molecule has 1 aromatic heterocycles. The molecule has 0 fully saturated rings. The summed E-state index contributed by atoms with van der Waals surface area (Å²) < 4.78 is 59.8. The van der Waals surface area contributed by atoms with Crippen LogP contribution < -0.4 is 5.14 Å². The van der Waals surface area contributed by atoms with Crippen LogP contribution in [0.2, 0.25) is 0 Å². The molecule has 6 nitrogen and oxygen atoms in total. The lowest BCUT2D eigenvalue weighted by atomic mass is 10.4. The molecule has 92 valence electrons. The minimum atomic E-state index is -4.78. The Kier molecular flexibility index (Phi) is 2.98. The number of alkyl halides is 3. The monoisotopic (exact) mass is 258 g/mol. The van der Waals surface area contributed by atoms with Crippen LogP contribution in [0.15, 0.2) is 5.16 Å². The van der Waals surface area contributed by atoms with Gasteiger partial charge >= 0.3 is 6.18 Å². The van der Waals surface area contributed by atoms with Gasteiger partial charge in [0.1, 0.15) is 0 Å². The van der Waals surface area contributed by atoms with Crippen LogP contribution in [-0.4, -0.2) is 23.2 Å². The molecule has 0 aliphatic rings. The number of nitrogens with two attached hydrogens (primary N) is 1. The number of hydrogen-bond acceptors (Lipinski definition) is 4. The van der Waals surface area contributed by atoms with Gasteiger partial charge in [-0.3, -0.25) is 4.57 Å². The van der Waals surface area contributed by atoms with E-state index in [4.69, 9.17) is 5.14 Å². The fourth-order valence-electron chi connectivity index (χ4n) is 1.13. The van der Waals surface area contributed by atoms with E-state index in [1.54, 1.807) is 0 Å². The second-order valence-electron chi connectivity index (χ2n) is 3.31. The maximum Gasteiger partial charge on any atom is 0.451 e. The SMILES string of the molecule is CC(C)n1c(C(F)(F)F)nnc1S(N)(=O)=O. The third-order valence-corrected chi connectivity index (χ3v) is 2.48. The van der Waals surface area contributed by atoms with Crippen molar-refractivity contribution in [3.05, 3.63) is 5.82 Å². The van der Waals surface area contributed by atoms with Crippen molar-refractivity contribution in [1.29, 1.82) is 0 Å². The molecule has 0 amide bonds. The molecule has 0 saturated heterocycles. The van der Waals surface area contributed by atoms with Gasteiger partial charge in [-0.25, -0.2) is 13.6 Å². The van der Waals surface area contributed by atoms with Crippen molar-refractivity contribution in [2.75, 3.05) is 0 Å². The highest BCUT2D eigenvalue weighted by molar-refractivity contribution is 7.89. The van der Waals surface area contributed by atoms with Gasteiger partial charge in [-0.05, 0) is 13.8 Å². The Bertz CT molecular complexity index is 490. The molecule has 0 aliphatic carbocycles. The van der Waals surface area contributed by atoms with E-state index in [2.05, 4.69) is 10.2 Å². The number of rotatable bonds is 2. The zero-order valence-electron chi connectivity index (χ0n) is 8.35. The first-order chi connectivity index (χ1) is 7.05. The van der Waals surface area contributed by atoms with Gasteiger partial charge in [0.05, 0.1) is 0 Å². The zero-order valence-corrected chi connectivity index (χ0v) is 9.17. The molecule has 0 bridgehead atoms. The lowest BCUT2D eigenvalue weighted by Crippen LogP contribution is -2.23. The fraction of sp³-hybridized carbons (Fsp3) is 0.667. The minimum absolute atomic E-state index is 0.440. The summed E-state index contributed by atoms with van der Waals surface area (Å²) in [5.74, 6) is -1.38. The van der Waals surface area contributed by atoms with E-state index in [-0.39, 0.29) is 0 Å². The van der Waals surface area contributed by atoms with Crippen LogP contribution in [-0.2, 0) is 16.2 Å². The summed E-state index contributed by atoms with van der Waals surface area (Å²) in [5, 5.41) is 9.60. The molecule has 0 atom stereocenters. The highest BCUT2D eigenvalue weighted by Crippen LogP contribution is 2.30. The summed E-state index contributed by atoms with van der Waals surface area (Å²) in [6.45, 7) is 2.74. The van der Waals surface area contributed by atoms with Crippen LogP contribution in [0, 0.1) is 0 Å².